The van der Waals surface area contributed by atoms with Crippen molar-refractivity contribution in [1.82, 2.24) is 9.88 Å². The first-order valence-corrected chi connectivity index (χ1v) is 11.0. The van der Waals surface area contributed by atoms with E-state index < -0.39 is 0 Å². The van der Waals surface area contributed by atoms with E-state index in [0.717, 1.165) is 22.2 Å². The lowest BCUT2D eigenvalue weighted by Gasteiger charge is -2.37. The highest BCUT2D eigenvalue weighted by Gasteiger charge is 2.24. The van der Waals surface area contributed by atoms with Crippen molar-refractivity contribution in [1.29, 1.82) is 0 Å². The van der Waals surface area contributed by atoms with Crippen LogP contribution in [0.2, 0.25) is 0 Å². The number of para-hydroxylation sites is 2. The fraction of sp³-hybridized carbons (Fsp3) is 0.192. The summed E-state index contributed by atoms with van der Waals surface area (Å²) in [5, 5.41) is 3.91. The van der Waals surface area contributed by atoms with Crippen LogP contribution in [-0.4, -0.2) is 47.9 Å². The van der Waals surface area contributed by atoms with E-state index in [1.165, 1.54) is 0 Å². The molecule has 0 unspecified atom stereocenters. The molecular weight excluding hydrogens is 416 g/mol. The van der Waals surface area contributed by atoms with Gasteiger partial charge in [-0.05, 0) is 30.3 Å². The van der Waals surface area contributed by atoms with Gasteiger partial charge in [0.05, 0.1) is 18.2 Å². The van der Waals surface area contributed by atoms with Gasteiger partial charge < -0.3 is 19.5 Å². The average Bonchev–Trinajstić information content (AvgIpc) is 3.27. The molecule has 166 valence electrons. The molecule has 0 atom stereocenters. The predicted octanol–water partition coefficient (Wildman–Crippen LogP) is 3.97. The number of nitrogens with one attached hydrogen (secondary N) is 1. The van der Waals surface area contributed by atoms with E-state index in [0.29, 0.717) is 43.9 Å². The van der Waals surface area contributed by atoms with E-state index in [1.54, 1.807) is 30.8 Å². The number of hydrogen-bond donors (Lipinski definition) is 1. The second kappa shape index (κ2) is 9.16. The number of nitrogens with zero attached hydrogens (tertiary/aromatic N) is 3. The number of hydrogen-bond acceptors (Lipinski definition) is 5. The summed E-state index contributed by atoms with van der Waals surface area (Å²) in [5.41, 5.74) is 3.89. The Morgan fingerprint density at radius 2 is 1.64 bits per heavy atom. The number of furan rings is 1. The van der Waals surface area contributed by atoms with Crippen LogP contribution >= 0.6 is 0 Å². The molecule has 0 radical (unpaired) electrons. The van der Waals surface area contributed by atoms with Crippen LogP contribution in [-0.2, 0) is 11.2 Å². The third-order valence-electron chi connectivity index (χ3n) is 5.96. The highest BCUT2D eigenvalue weighted by atomic mass is 16.3. The fourth-order valence-electron chi connectivity index (χ4n) is 4.22. The van der Waals surface area contributed by atoms with Gasteiger partial charge in [-0.1, -0.05) is 30.3 Å². The Labute approximate surface area is 191 Å². The largest absolute Gasteiger partial charge is 0.464 e. The van der Waals surface area contributed by atoms with E-state index in [9.17, 15) is 9.59 Å². The quantitative estimate of drug-likeness (QED) is 0.508. The lowest BCUT2D eigenvalue weighted by molar-refractivity contribution is -0.130. The fourth-order valence-corrected chi connectivity index (χ4v) is 4.22. The second-order valence-electron chi connectivity index (χ2n) is 8.01. The van der Waals surface area contributed by atoms with E-state index in [-0.39, 0.29) is 11.8 Å². The molecular formula is C26H24N4O3. The molecule has 1 aliphatic rings. The summed E-state index contributed by atoms with van der Waals surface area (Å²) in [5.74, 6) is -0.0768. The second-order valence-corrected chi connectivity index (χ2v) is 8.01. The van der Waals surface area contributed by atoms with Crippen LogP contribution in [0.4, 0.5) is 11.4 Å². The first-order valence-electron chi connectivity index (χ1n) is 11.0. The Morgan fingerprint density at radius 3 is 2.45 bits per heavy atom. The molecule has 2 aromatic carbocycles. The minimum absolute atomic E-state index is 0.0879. The minimum Gasteiger partial charge on any atom is -0.464 e. The van der Waals surface area contributed by atoms with E-state index in [4.69, 9.17) is 4.42 Å². The Bertz CT molecular complexity index is 1280. The number of aromatic nitrogens is 1. The molecule has 33 heavy (non-hydrogen) atoms. The van der Waals surface area contributed by atoms with Gasteiger partial charge in [0.15, 0.2) is 0 Å². The molecule has 1 saturated heterocycles. The van der Waals surface area contributed by atoms with Crippen molar-refractivity contribution in [3.05, 3.63) is 90.4 Å². The number of pyridine rings is 1. The zero-order valence-electron chi connectivity index (χ0n) is 18.1. The summed E-state index contributed by atoms with van der Waals surface area (Å²) in [7, 11) is 0. The zero-order valence-corrected chi connectivity index (χ0v) is 18.1. The lowest BCUT2D eigenvalue weighted by atomic mass is 10.1. The highest BCUT2D eigenvalue weighted by Crippen LogP contribution is 2.25. The van der Waals surface area contributed by atoms with E-state index in [1.807, 2.05) is 53.4 Å². The van der Waals surface area contributed by atoms with Crippen molar-refractivity contribution in [2.45, 2.75) is 6.42 Å². The van der Waals surface area contributed by atoms with Crippen LogP contribution < -0.4 is 10.2 Å². The molecule has 7 nitrogen and oxygen atoms in total. The van der Waals surface area contributed by atoms with E-state index in [2.05, 4.69) is 15.2 Å². The van der Waals surface area contributed by atoms with Crippen molar-refractivity contribution in [2.24, 2.45) is 0 Å². The Kier molecular flexibility index (Phi) is 5.76. The summed E-state index contributed by atoms with van der Waals surface area (Å²) in [6.07, 6.45) is 5.28. The highest BCUT2D eigenvalue weighted by molar-refractivity contribution is 6.08. The van der Waals surface area contributed by atoms with Crippen molar-refractivity contribution < 1.29 is 14.0 Å². The van der Waals surface area contributed by atoms with Crippen molar-refractivity contribution >= 4 is 34.2 Å². The van der Waals surface area contributed by atoms with Gasteiger partial charge in [0.1, 0.15) is 5.58 Å². The van der Waals surface area contributed by atoms with Gasteiger partial charge in [-0.2, -0.15) is 0 Å². The molecule has 2 aromatic heterocycles. The average molecular weight is 441 g/mol. The van der Waals surface area contributed by atoms with Gasteiger partial charge >= 0.3 is 0 Å². The molecule has 1 N–H and O–H groups in total. The van der Waals surface area contributed by atoms with Gasteiger partial charge in [0, 0.05) is 60.9 Å². The smallest absolute Gasteiger partial charge is 0.257 e. The number of piperazine rings is 1. The number of amides is 2. The molecule has 0 spiro atoms. The van der Waals surface area contributed by atoms with Crippen molar-refractivity contribution in [3.8, 4) is 0 Å². The number of carbonyl (C=O) groups excluding carboxylic acids is 2. The van der Waals surface area contributed by atoms with Gasteiger partial charge in [-0.15, -0.1) is 0 Å². The number of rotatable bonds is 5. The summed E-state index contributed by atoms with van der Waals surface area (Å²) in [4.78, 5) is 33.9. The summed E-state index contributed by atoms with van der Waals surface area (Å²) >= 11 is 0. The molecule has 0 bridgehead atoms. The van der Waals surface area contributed by atoms with Crippen molar-refractivity contribution in [3.63, 3.8) is 0 Å². The van der Waals surface area contributed by atoms with Gasteiger partial charge in [-0.3, -0.25) is 14.6 Å². The number of carbonyl (C=O) groups is 2. The Balaban J connectivity index is 1.24. The van der Waals surface area contributed by atoms with Crippen LogP contribution in [0.15, 0.2) is 83.7 Å². The Hall–Kier alpha value is -4.13. The molecule has 3 heterocycles. The molecule has 1 fully saturated rings. The maximum absolute atomic E-state index is 12.9. The number of benzene rings is 2. The first kappa shape index (κ1) is 20.8. The van der Waals surface area contributed by atoms with Crippen LogP contribution in [0, 0.1) is 0 Å². The molecule has 5 rings (SSSR count). The van der Waals surface area contributed by atoms with Crippen LogP contribution in [0.25, 0.3) is 11.0 Å². The Morgan fingerprint density at radius 1 is 0.909 bits per heavy atom. The topological polar surface area (TPSA) is 78.7 Å². The number of fused-ring (bicyclic) bond motifs is 1. The maximum Gasteiger partial charge on any atom is 0.257 e. The summed E-state index contributed by atoms with van der Waals surface area (Å²) in [6, 6.07) is 18.8. The standard InChI is InChI=1S/C26H24N4O3/c31-25(17-19-18-33-24-8-4-2-5-21(19)24)30-15-13-29(14-16-30)23-7-3-1-6-22(23)26(32)28-20-9-11-27-12-10-20/h1-12,18H,13-17H2,(H,27,28,32). The molecule has 0 aliphatic carbocycles. The molecule has 7 heteroatoms. The summed E-state index contributed by atoms with van der Waals surface area (Å²) < 4.78 is 5.57. The molecule has 4 aromatic rings. The van der Waals surface area contributed by atoms with Crippen molar-refractivity contribution in [2.75, 3.05) is 36.4 Å². The first-order chi connectivity index (χ1) is 16.2. The monoisotopic (exact) mass is 440 g/mol. The third-order valence-corrected chi connectivity index (χ3v) is 5.96. The van der Waals surface area contributed by atoms with Crippen LogP contribution in [0.5, 0.6) is 0 Å². The molecule has 1 aliphatic heterocycles. The van der Waals surface area contributed by atoms with Crippen LogP contribution in [0.3, 0.4) is 0 Å². The molecule has 2 amide bonds. The number of anilines is 2. The minimum atomic E-state index is -0.165. The van der Waals surface area contributed by atoms with Crippen LogP contribution in [0.1, 0.15) is 15.9 Å². The predicted molar refractivity (Wildman–Crippen MR) is 127 cm³/mol. The van der Waals surface area contributed by atoms with E-state index >= 15 is 0 Å². The lowest BCUT2D eigenvalue weighted by Crippen LogP contribution is -2.49. The molecule has 0 saturated carbocycles. The van der Waals surface area contributed by atoms with Gasteiger partial charge in [-0.25, -0.2) is 0 Å². The van der Waals surface area contributed by atoms with Gasteiger partial charge in [0.25, 0.3) is 5.91 Å². The third kappa shape index (κ3) is 4.43. The zero-order chi connectivity index (χ0) is 22.6. The normalized spacial score (nSPS) is 13.8. The summed E-state index contributed by atoms with van der Waals surface area (Å²) in [6.45, 7) is 2.54. The SMILES string of the molecule is O=C(Nc1ccncc1)c1ccccc1N1CCN(C(=O)Cc2coc3ccccc23)CC1. The van der Waals surface area contributed by atoms with Gasteiger partial charge in [0.2, 0.25) is 5.91 Å². The maximum atomic E-state index is 12.9.